The molecule has 5 heteroatoms. The highest BCUT2D eigenvalue weighted by Crippen LogP contribution is 2.22. The lowest BCUT2D eigenvalue weighted by molar-refractivity contribution is -0.121. The van der Waals surface area contributed by atoms with Crippen molar-refractivity contribution in [3.05, 3.63) is 41.0 Å². The van der Waals surface area contributed by atoms with Gasteiger partial charge in [-0.1, -0.05) is 29.6 Å². The van der Waals surface area contributed by atoms with Crippen molar-refractivity contribution in [3.63, 3.8) is 0 Å². The lowest BCUT2D eigenvalue weighted by Crippen LogP contribution is -2.33. The third-order valence-corrected chi connectivity index (χ3v) is 4.00. The fourth-order valence-electron chi connectivity index (χ4n) is 2.66. The summed E-state index contributed by atoms with van der Waals surface area (Å²) in [6, 6.07) is 9.46. The van der Waals surface area contributed by atoms with Crippen molar-refractivity contribution in [1.29, 1.82) is 0 Å². The van der Waals surface area contributed by atoms with Gasteiger partial charge in [0, 0.05) is 22.7 Å². The lowest BCUT2D eigenvalue weighted by atomic mass is 10.1. The van der Waals surface area contributed by atoms with Crippen LogP contribution in [0.4, 0.5) is 0 Å². The van der Waals surface area contributed by atoms with Crippen LogP contribution in [0, 0.1) is 0 Å². The second kappa shape index (κ2) is 6.31. The summed E-state index contributed by atoms with van der Waals surface area (Å²) in [5, 5.41) is 7.68. The summed E-state index contributed by atoms with van der Waals surface area (Å²) < 4.78 is 5.29. The Bertz CT molecular complexity index is 615. The molecule has 1 aliphatic carbocycles. The molecule has 1 fully saturated rings. The first-order chi connectivity index (χ1) is 10.2. The van der Waals surface area contributed by atoms with E-state index in [4.69, 9.17) is 16.1 Å². The smallest absolute Gasteiger partial charge is 0.226 e. The zero-order chi connectivity index (χ0) is 14.7. The number of amides is 1. The molecule has 0 spiro atoms. The minimum absolute atomic E-state index is 0.0119. The largest absolute Gasteiger partial charge is 0.356 e. The Morgan fingerprint density at radius 2 is 2.00 bits per heavy atom. The molecule has 1 amide bonds. The fraction of sp³-hybridized carbons (Fsp3) is 0.375. The summed E-state index contributed by atoms with van der Waals surface area (Å²) in [6.07, 6.45) is 4.83. The van der Waals surface area contributed by atoms with Gasteiger partial charge < -0.3 is 9.84 Å². The van der Waals surface area contributed by atoms with Crippen LogP contribution in [0.15, 0.2) is 34.9 Å². The highest BCUT2D eigenvalue weighted by molar-refractivity contribution is 6.30. The molecular formula is C16H17ClN2O2. The molecule has 1 aromatic carbocycles. The Labute approximate surface area is 128 Å². The SMILES string of the molecule is O=C(Cc1cc(-c2ccc(Cl)cc2)on1)NC1CCCC1. The maximum absolute atomic E-state index is 11.9. The van der Waals surface area contributed by atoms with Crippen LogP contribution in [-0.2, 0) is 11.2 Å². The molecule has 1 aromatic heterocycles. The van der Waals surface area contributed by atoms with E-state index in [1.807, 2.05) is 12.1 Å². The maximum Gasteiger partial charge on any atom is 0.226 e. The molecule has 0 aliphatic heterocycles. The van der Waals surface area contributed by atoms with E-state index in [-0.39, 0.29) is 12.3 Å². The van der Waals surface area contributed by atoms with Crippen molar-refractivity contribution < 1.29 is 9.32 Å². The average Bonchev–Trinajstić information content (AvgIpc) is 3.11. The van der Waals surface area contributed by atoms with Crippen molar-refractivity contribution >= 4 is 17.5 Å². The van der Waals surface area contributed by atoms with E-state index in [9.17, 15) is 4.79 Å². The highest BCUT2D eigenvalue weighted by atomic mass is 35.5. The first-order valence-electron chi connectivity index (χ1n) is 7.21. The number of hydrogen-bond acceptors (Lipinski definition) is 3. The molecule has 1 heterocycles. The summed E-state index contributed by atoms with van der Waals surface area (Å²) in [5.74, 6) is 0.660. The summed E-state index contributed by atoms with van der Waals surface area (Å²) >= 11 is 5.85. The van der Waals surface area contributed by atoms with Gasteiger partial charge in [-0.3, -0.25) is 4.79 Å². The predicted octanol–water partition coefficient (Wildman–Crippen LogP) is 3.60. The Morgan fingerprint density at radius 3 is 2.71 bits per heavy atom. The van der Waals surface area contributed by atoms with Gasteiger partial charge in [-0.25, -0.2) is 0 Å². The Hall–Kier alpha value is -1.81. The molecule has 1 aliphatic rings. The van der Waals surface area contributed by atoms with E-state index in [0.29, 0.717) is 22.5 Å². The van der Waals surface area contributed by atoms with Crippen LogP contribution < -0.4 is 5.32 Å². The van der Waals surface area contributed by atoms with Gasteiger partial charge >= 0.3 is 0 Å². The van der Waals surface area contributed by atoms with Crippen LogP contribution in [0.5, 0.6) is 0 Å². The van der Waals surface area contributed by atoms with Crippen molar-refractivity contribution in [3.8, 4) is 11.3 Å². The monoisotopic (exact) mass is 304 g/mol. The minimum Gasteiger partial charge on any atom is -0.356 e. The second-order valence-corrected chi connectivity index (χ2v) is 5.85. The van der Waals surface area contributed by atoms with Crippen LogP contribution in [0.2, 0.25) is 5.02 Å². The molecule has 0 saturated heterocycles. The molecule has 1 saturated carbocycles. The standard InChI is InChI=1S/C16H17ClN2O2/c17-12-7-5-11(6-8-12)15-9-14(19-21-15)10-16(20)18-13-3-1-2-4-13/h5-9,13H,1-4,10H2,(H,18,20). The Kier molecular flexibility index (Phi) is 4.25. The molecule has 3 rings (SSSR count). The van der Waals surface area contributed by atoms with E-state index < -0.39 is 0 Å². The number of benzene rings is 1. The molecule has 1 N–H and O–H groups in total. The quantitative estimate of drug-likeness (QED) is 0.939. The predicted molar refractivity (Wildman–Crippen MR) is 81.1 cm³/mol. The molecule has 4 nitrogen and oxygen atoms in total. The lowest BCUT2D eigenvalue weighted by Gasteiger charge is -2.10. The van der Waals surface area contributed by atoms with Crippen LogP contribution in [-0.4, -0.2) is 17.1 Å². The van der Waals surface area contributed by atoms with E-state index in [0.717, 1.165) is 18.4 Å². The van der Waals surface area contributed by atoms with Gasteiger partial charge in [-0.2, -0.15) is 0 Å². The molecule has 21 heavy (non-hydrogen) atoms. The summed E-state index contributed by atoms with van der Waals surface area (Å²) in [5.41, 5.74) is 1.55. The van der Waals surface area contributed by atoms with Gasteiger partial charge in [0.05, 0.1) is 12.1 Å². The number of rotatable bonds is 4. The van der Waals surface area contributed by atoms with E-state index >= 15 is 0 Å². The van der Waals surface area contributed by atoms with Crippen molar-refractivity contribution in [2.24, 2.45) is 0 Å². The third kappa shape index (κ3) is 3.64. The van der Waals surface area contributed by atoms with Crippen LogP contribution in [0.3, 0.4) is 0 Å². The number of nitrogens with one attached hydrogen (secondary N) is 1. The molecule has 0 atom stereocenters. The van der Waals surface area contributed by atoms with Crippen molar-refractivity contribution in [2.45, 2.75) is 38.1 Å². The number of nitrogens with zero attached hydrogens (tertiary/aromatic N) is 1. The third-order valence-electron chi connectivity index (χ3n) is 3.75. The van der Waals surface area contributed by atoms with Crippen LogP contribution in [0.1, 0.15) is 31.4 Å². The van der Waals surface area contributed by atoms with E-state index in [1.54, 1.807) is 18.2 Å². The molecule has 2 aromatic rings. The van der Waals surface area contributed by atoms with Crippen LogP contribution in [0.25, 0.3) is 11.3 Å². The van der Waals surface area contributed by atoms with Gasteiger partial charge in [0.2, 0.25) is 5.91 Å². The minimum atomic E-state index is 0.0119. The van der Waals surface area contributed by atoms with Crippen molar-refractivity contribution in [2.75, 3.05) is 0 Å². The average molecular weight is 305 g/mol. The highest BCUT2D eigenvalue weighted by Gasteiger charge is 2.18. The molecular weight excluding hydrogens is 288 g/mol. The number of carbonyl (C=O) groups is 1. The summed E-state index contributed by atoms with van der Waals surface area (Å²) in [6.45, 7) is 0. The fourth-order valence-corrected chi connectivity index (χ4v) is 2.78. The van der Waals surface area contributed by atoms with E-state index in [1.165, 1.54) is 12.8 Å². The molecule has 0 unspecified atom stereocenters. The topological polar surface area (TPSA) is 55.1 Å². The Morgan fingerprint density at radius 1 is 1.29 bits per heavy atom. The first-order valence-corrected chi connectivity index (χ1v) is 7.59. The van der Waals surface area contributed by atoms with Gasteiger partial charge in [-0.05, 0) is 37.1 Å². The number of hydrogen-bond donors (Lipinski definition) is 1. The zero-order valence-corrected chi connectivity index (χ0v) is 12.4. The Balaban J connectivity index is 1.61. The van der Waals surface area contributed by atoms with Gasteiger partial charge in [-0.15, -0.1) is 0 Å². The molecule has 110 valence electrons. The number of aromatic nitrogens is 1. The van der Waals surface area contributed by atoms with Gasteiger partial charge in [0.1, 0.15) is 0 Å². The zero-order valence-electron chi connectivity index (χ0n) is 11.6. The van der Waals surface area contributed by atoms with Crippen LogP contribution >= 0.6 is 11.6 Å². The van der Waals surface area contributed by atoms with Gasteiger partial charge in [0.15, 0.2) is 5.76 Å². The molecule has 0 bridgehead atoms. The van der Waals surface area contributed by atoms with Gasteiger partial charge in [0.25, 0.3) is 0 Å². The second-order valence-electron chi connectivity index (χ2n) is 5.42. The normalized spacial score (nSPS) is 15.3. The summed E-state index contributed by atoms with van der Waals surface area (Å²) in [4.78, 5) is 11.9. The summed E-state index contributed by atoms with van der Waals surface area (Å²) in [7, 11) is 0. The first kappa shape index (κ1) is 14.1. The maximum atomic E-state index is 11.9. The molecule has 0 radical (unpaired) electrons. The van der Waals surface area contributed by atoms with Crippen molar-refractivity contribution in [1.82, 2.24) is 10.5 Å². The van der Waals surface area contributed by atoms with E-state index in [2.05, 4.69) is 10.5 Å². The number of carbonyl (C=O) groups excluding carboxylic acids is 1. The number of halogens is 1.